The Morgan fingerprint density at radius 3 is 2.52 bits per heavy atom. The van der Waals surface area contributed by atoms with Crippen molar-refractivity contribution in [2.24, 2.45) is 0 Å². The lowest BCUT2D eigenvalue weighted by molar-refractivity contribution is 0.502. The van der Waals surface area contributed by atoms with Gasteiger partial charge in [-0.3, -0.25) is 0 Å². The summed E-state index contributed by atoms with van der Waals surface area (Å²) in [6.07, 6.45) is 4.64. The number of hydrogen-bond acceptors (Lipinski definition) is 3. The summed E-state index contributed by atoms with van der Waals surface area (Å²) >= 11 is 8.02. The van der Waals surface area contributed by atoms with Crippen molar-refractivity contribution < 1.29 is 0 Å². The molecule has 2 aromatic heterocycles. The fourth-order valence-corrected chi connectivity index (χ4v) is 4.46. The summed E-state index contributed by atoms with van der Waals surface area (Å²) in [6.45, 7) is 0. The molecule has 0 spiro atoms. The molecular weight excluding hydrogens is 300 g/mol. The van der Waals surface area contributed by atoms with E-state index >= 15 is 0 Å². The van der Waals surface area contributed by atoms with Gasteiger partial charge < -0.3 is 0 Å². The van der Waals surface area contributed by atoms with Crippen molar-refractivity contribution in [3.05, 3.63) is 58.3 Å². The second kappa shape index (κ2) is 5.08. The fraction of sp³-hybridized carbons (Fsp3) is 0.294. The Balaban J connectivity index is 1.94. The van der Waals surface area contributed by atoms with Crippen molar-refractivity contribution >= 4 is 33.2 Å². The smallest absolute Gasteiger partial charge is 0.142 e. The number of nitrogens with zero attached hydrogens (tertiary/aromatic N) is 2. The minimum Gasteiger partial charge on any atom is -0.221 e. The number of hydrogen-bond donors (Lipinski definition) is 0. The van der Waals surface area contributed by atoms with E-state index in [1.165, 1.54) is 18.4 Å². The molecule has 0 N–H and O–H groups in total. The fourth-order valence-electron chi connectivity index (χ4n) is 3.41. The van der Waals surface area contributed by atoms with Crippen LogP contribution >= 0.6 is 22.9 Å². The van der Waals surface area contributed by atoms with E-state index in [0.717, 1.165) is 28.9 Å². The molecule has 1 aliphatic rings. The molecule has 1 saturated carbocycles. The van der Waals surface area contributed by atoms with E-state index in [0.29, 0.717) is 5.15 Å². The molecule has 0 radical (unpaired) electrons. The van der Waals surface area contributed by atoms with Crippen molar-refractivity contribution in [3.8, 4) is 0 Å². The molecule has 2 heterocycles. The first kappa shape index (κ1) is 13.2. The van der Waals surface area contributed by atoms with Gasteiger partial charge in [-0.2, -0.15) is 0 Å². The third-order valence-corrected chi connectivity index (χ3v) is 5.58. The zero-order chi connectivity index (χ0) is 14.3. The first-order valence-corrected chi connectivity index (χ1v) is 8.52. The highest BCUT2D eigenvalue weighted by Gasteiger charge is 2.40. The van der Waals surface area contributed by atoms with E-state index in [1.54, 1.807) is 11.3 Å². The van der Waals surface area contributed by atoms with Gasteiger partial charge in [0.15, 0.2) is 0 Å². The molecule has 21 heavy (non-hydrogen) atoms. The second-order valence-corrected chi connectivity index (χ2v) is 6.89. The van der Waals surface area contributed by atoms with Gasteiger partial charge in [-0.05, 0) is 29.9 Å². The minimum atomic E-state index is -0.0664. The molecule has 3 aromatic rings. The minimum absolute atomic E-state index is 0.0664. The van der Waals surface area contributed by atoms with E-state index in [2.05, 4.69) is 35.3 Å². The lowest BCUT2D eigenvalue weighted by atomic mass is 9.78. The van der Waals surface area contributed by atoms with Crippen LogP contribution in [-0.2, 0) is 5.41 Å². The van der Waals surface area contributed by atoms with Crippen LogP contribution < -0.4 is 0 Å². The van der Waals surface area contributed by atoms with Crippen LogP contribution in [0.2, 0.25) is 5.15 Å². The van der Waals surface area contributed by atoms with Crippen molar-refractivity contribution in [1.82, 2.24) is 9.97 Å². The lowest BCUT2D eigenvalue weighted by Crippen LogP contribution is -2.26. The molecule has 0 unspecified atom stereocenters. The Morgan fingerprint density at radius 2 is 1.76 bits per heavy atom. The average molecular weight is 315 g/mol. The van der Waals surface area contributed by atoms with Crippen molar-refractivity contribution in [2.75, 3.05) is 0 Å². The first-order valence-electron chi connectivity index (χ1n) is 7.26. The van der Waals surface area contributed by atoms with Crippen LogP contribution in [0, 0.1) is 0 Å². The van der Waals surface area contributed by atoms with Gasteiger partial charge in [-0.15, -0.1) is 11.3 Å². The zero-order valence-electron chi connectivity index (χ0n) is 11.6. The van der Waals surface area contributed by atoms with Gasteiger partial charge in [-0.1, -0.05) is 54.8 Å². The summed E-state index contributed by atoms with van der Waals surface area (Å²) in [5.41, 5.74) is 1.25. The molecule has 1 fully saturated rings. The second-order valence-electron chi connectivity index (χ2n) is 5.63. The van der Waals surface area contributed by atoms with Crippen molar-refractivity contribution in [2.45, 2.75) is 31.1 Å². The average Bonchev–Trinajstić information content (AvgIpc) is 3.18. The van der Waals surface area contributed by atoms with Crippen LogP contribution in [0.15, 0.2) is 41.8 Å². The molecule has 0 amide bonds. The molecule has 4 rings (SSSR count). The number of thiophene rings is 1. The Hall–Kier alpha value is -1.45. The Morgan fingerprint density at radius 1 is 1.00 bits per heavy atom. The highest BCUT2D eigenvalue weighted by atomic mass is 35.5. The highest BCUT2D eigenvalue weighted by molar-refractivity contribution is 7.16. The molecule has 0 atom stereocenters. The number of fused-ring (bicyclic) bond motifs is 1. The maximum atomic E-state index is 6.39. The molecule has 0 bridgehead atoms. The maximum absolute atomic E-state index is 6.39. The largest absolute Gasteiger partial charge is 0.221 e. The van der Waals surface area contributed by atoms with Gasteiger partial charge in [0.1, 0.15) is 15.8 Å². The first-order chi connectivity index (χ1) is 10.3. The number of halogens is 1. The Kier molecular flexibility index (Phi) is 3.20. The van der Waals surface area contributed by atoms with Gasteiger partial charge >= 0.3 is 0 Å². The van der Waals surface area contributed by atoms with E-state index < -0.39 is 0 Å². The molecule has 0 aliphatic heterocycles. The predicted octanol–water partition coefficient (Wildman–Crippen LogP) is 5.20. The third-order valence-electron chi connectivity index (χ3n) is 4.49. The number of benzene rings is 1. The van der Waals surface area contributed by atoms with Crippen molar-refractivity contribution in [1.29, 1.82) is 0 Å². The van der Waals surface area contributed by atoms with Crippen LogP contribution in [0.5, 0.6) is 0 Å². The van der Waals surface area contributed by atoms with E-state index in [9.17, 15) is 0 Å². The van der Waals surface area contributed by atoms with Gasteiger partial charge in [0.25, 0.3) is 0 Å². The SMILES string of the molecule is Clc1nc(C2(c3ccccc3)CCCC2)nc2sccc12. The monoisotopic (exact) mass is 314 g/mol. The van der Waals surface area contributed by atoms with Crippen LogP contribution in [0.25, 0.3) is 10.2 Å². The van der Waals surface area contributed by atoms with Crippen molar-refractivity contribution in [3.63, 3.8) is 0 Å². The molecular formula is C17H15ClN2S. The number of rotatable bonds is 2. The van der Waals surface area contributed by atoms with Gasteiger partial charge in [0.05, 0.1) is 5.41 Å². The normalized spacial score (nSPS) is 17.4. The molecule has 2 nitrogen and oxygen atoms in total. The predicted molar refractivity (Wildman–Crippen MR) is 88.1 cm³/mol. The van der Waals surface area contributed by atoms with E-state index in [4.69, 9.17) is 16.6 Å². The Labute approximate surface area is 132 Å². The molecule has 0 saturated heterocycles. The summed E-state index contributed by atoms with van der Waals surface area (Å²) in [5.74, 6) is 0.895. The molecule has 1 aromatic carbocycles. The summed E-state index contributed by atoms with van der Waals surface area (Å²) < 4.78 is 0. The standard InChI is InChI=1S/C17H15ClN2S/c18-14-13-8-11-21-15(13)20-16(19-14)17(9-4-5-10-17)12-6-2-1-3-7-12/h1-3,6-8,11H,4-5,9-10H2. The molecule has 4 heteroatoms. The van der Waals surface area contributed by atoms with Gasteiger partial charge in [0, 0.05) is 5.39 Å². The molecule has 1 aliphatic carbocycles. The maximum Gasteiger partial charge on any atom is 0.142 e. The summed E-state index contributed by atoms with van der Waals surface area (Å²) in [5, 5.41) is 3.57. The lowest BCUT2D eigenvalue weighted by Gasteiger charge is -2.28. The summed E-state index contributed by atoms with van der Waals surface area (Å²) in [4.78, 5) is 10.5. The topological polar surface area (TPSA) is 25.8 Å². The van der Waals surface area contributed by atoms with Crippen LogP contribution in [0.3, 0.4) is 0 Å². The van der Waals surface area contributed by atoms with Gasteiger partial charge in [0.2, 0.25) is 0 Å². The molecule has 106 valence electrons. The van der Waals surface area contributed by atoms with Crippen LogP contribution in [0.1, 0.15) is 37.1 Å². The quantitative estimate of drug-likeness (QED) is 0.607. The Bertz CT molecular complexity index is 776. The third kappa shape index (κ3) is 2.07. The van der Waals surface area contributed by atoms with Gasteiger partial charge in [-0.25, -0.2) is 9.97 Å². The zero-order valence-corrected chi connectivity index (χ0v) is 13.1. The summed E-state index contributed by atoms with van der Waals surface area (Å²) in [7, 11) is 0. The van der Waals surface area contributed by atoms with E-state index in [-0.39, 0.29) is 5.41 Å². The van der Waals surface area contributed by atoms with Crippen LogP contribution in [0.4, 0.5) is 0 Å². The van der Waals surface area contributed by atoms with E-state index in [1.807, 2.05) is 11.4 Å². The highest BCUT2D eigenvalue weighted by Crippen LogP contribution is 2.45. The van der Waals surface area contributed by atoms with Crippen LogP contribution in [-0.4, -0.2) is 9.97 Å². The summed E-state index contributed by atoms with van der Waals surface area (Å²) in [6, 6.07) is 12.6. The number of aromatic nitrogens is 2.